The zero-order valence-corrected chi connectivity index (χ0v) is 16.3. The molecule has 0 saturated heterocycles. The highest BCUT2D eigenvalue weighted by molar-refractivity contribution is 9.10. The Kier molecular flexibility index (Phi) is 4.21. The Morgan fingerprint density at radius 1 is 0.731 bits per heavy atom. The molecule has 0 saturated carbocycles. The molecule has 4 aromatic carbocycles. The normalized spacial score (nSPS) is 11.8. The molecule has 0 aliphatic heterocycles. The highest BCUT2D eigenvalue weighted by Gasteiger charge is 2.21. The first kappa shape index (κ1) is 17.1. The van der Waals surface area contributed by atoms with E-state index < -0.39 is 10.1 Å². The topological polar surface area (TPSA) is 43.4 Å². The first-order valence-electron chi connectivity index (χ1n) is 8.07. The van der Waals surface area contributed by atoms with Gasteiger partial charge in [0, 0.05) is 10.8 Å². The summed E-state index contributed by atoms with van der Waals surface area (Å²) >= 11 is 3.55. The van der Waals surface area contributed by atoms with Gasteiger partial charge in [-0.05, 0) is 45.8 Å². The van der Waals surface area contributed by atoms with Crippen LogP contribution in [0.4, 0.5) is 0 Å². The van der Waals surface area contributed by atoms with Crippen LogP contribution in [0.15, 0.2) is 82.2 Å². The molecule has 0 aliphatic carbocycles. The highest BCUT2D eigenvalue weighted by atomic mass is 79.9. The first-order chi connectivity index (χ1) is 12.5. The van der Waals surface area contributed by atoms with Crippen molar-refractivity contribution in [2.75, 3.05) is 0 Å². The highest BCUT2D eigenvalue weighted by Crippen LogP contribution is 2.42. The van der Waals surface area contributed by atoms with Gasteiger partial charge in [-0.15, -0.1) is 0 Å². The van der Waals surface area contributed by atoms with E-state index in [2.05, 4.69) is 15.9 Å². The third-order valence-electron chi connectivity index (χ3n) is 4.33. The first-order valence-corrected chi connectivity index (χ1v) is 10.3. The van der Waals surface area contributed by atoms with Crippen LogP contribution in [0.25, 0.3) is 21.5 Å². The summed E-state index contributed by atoms with van der Waals surface area (Å²) in [7, 11) is -3.94. The van der Waals surface area contributed by atoms with E-state index in [1.165, 1.54) is 0 Å². The lowest BCUT2D eigenvalue weighted by Gasteiger charge is -2.14. The van der Waals surface area contributed by atoms with Gasteiger partial charge in [0.25, 0.3) is 0 Å². The second kappa shape index (κ2) is 6.41. The molecular formula is C21H15BrO3S. The fourth-order valence-corrected chi connectivity index (χ4v) is 4.72. The monoisotopic (exact) mass is 426 g/mol. The number of halogens is 1. The summed E-state index contributed by atoms with van der Waals surface area (Å²) in [4.78, 5) is 0.132. The minimum atomic E-state index is -3.94. The van der Waals surface area contributed by atoms with E-state index in [4.69, 9.17) is 4.18 Å². The van der Waals surface area contributed by atoms with Crippen LogP contribution >= 0.6 is 15.9 Å². The molecule has 0 bridgehead atoms. The predicted octanol–water partition coefficient (Wildman–Crippen LogP) is 5.83. The average molecular weight is 427 g/mol. The molecule has 26 heavy (non-hydrogen) atoms. The molecule has 0 spiro atoms. The quantitative estimate of drug-likeness (QED) is 0.305. The molecule has 130 valence electrons. The second-order valence-electron chi connectivity index (χ2n) is 6.08. The molecule has 0 atom stereocenters. The predicted molar refractivity (Wildman–Crippen MR) is 108 cm³/mol. The number of hydrogen-bond donors (Lipinski definition) is 0. The average Bonchev–Trinajstić information content (AvgIpc) is 2.65. The van der Waals surface area contributed by atoms with Gasteiger partial charge in [-0.25, -0.2) is 0 Å². The molecule has 0 unspecified atom stereocenters. The fourth-order valence-electron chi connectivity index (χ4n) is 3.01. The molecule has 0 N–H and O–H groups in total. The lowest BCUT2D eigenvalue weighted by Crippen LogP contribution is -2.10. The molecule has 0 aliphatic rings. The van der Waals surface area contributed by atoms with Gasteiger partial charge in [0.2, 0.25) is 0 Å². The van der Waals surface area contributed by atoms with Crippen molar-refractivity contribution in [1.29, 1.82) is 0 Å². The van der Waals surface area contributed by atoms with Crippen LogP contribution in [0, 0.1) is 6.92 Å². The standard InChI is InChI=1S/C21H15BrO3S/c1-14-10-12-15(13-11-14)26(23,24)25-21-19-9-5-3-7-17(19)16-6-2-4-8-18(16)20(21)22/h2-13H,1H3. The third kappa shape index (κ3) is 2.87. The molecule has 4 rings (SSSR count). The molecular weight excluding hydrogens is 412 g/mol. The van der Waals surface area contributed by atoms with E-state index in [-0.39, 0.29) is 4.90 Å². The van der Waals surface area contributed by atoms with Gasteiger partial charge < -0.3 is 4.18 Å². The molecule has 5 heteroatoms. The van der Waals surface area contributed by atoms with Gasteiger partial charge in [-0.1, -0.05) is 66.2 Å². The lowest BCUT2D eigenvalue weighted by atomic mass is 10.0. The number of benzene rings is 4. The Balaban J connectivity index is 1.96. The fraction of sp³-hybridized carbons (Fsp3) is 0.0476. The van der Waals surface area contributed by atoms with Gasteiger partial charge in [0.1, 0.15) is 4.90 Å². The summed E-state index contributed by atoms with van der Waals surface area (Å²) in [6.45, 7) is 1.91. The van der Waals surface area contributed by atoms with E-state index >= 15 is 0 Å². The maximum absolute atomic E-state index is 12.8. The Bertz CT molecular complexity index is 1230. The van der Waals surface area contributed by atoms with Gasteiger partial charge in [0.15, 0.2) is 5.75 Å². The zero-order valence-electron chi connectivity index (χ0n) is 13.9. The smallest absolute Gasteiger partial charge is 0.339 e. The SMILES string of the molecule is Cc1ccc(S(=O)(=O)Oc2c(Br)c3ccccc3c3ccccc23)cc1. The van der Waals surface area contributed by atoms with Crippen molar-refractivity contribution in [2.45, 2.75) is 11.8 Å². The molecule has 0 heterocycles. The molecule has 0 aromatic heterocycles. The summed E-state index contributed by atoms with van der Waals surface area (Å²) in [6, 6.07) is 22.1. The van der Waals surface area contributed by atoms with E-state index in [1.807, 2.05) is 55.5 Å². The van der Waals surface area contributed by atoms with Crippen LogP contribution in [0.3, 0.4) is 0 Å². The van der Waals surface area contributed by atoms with Crippen molar-refractivity contribution in [2.24, 2.45) is 0 Å². The van der Waals surface area contributed by atoms with Crippen molar-refractivity contribution >= 4 is 47.6 Å². The number of aryl methyl sites for hydroxylation is 1. The minimum absolute atomic E-state index is 0.132. The van der Waals surface area contributed by atoms with Crippen LogP contribution in [0.5, 0.6) is 5.75 Å². The summed E-state index contributed by atoms with van der Waals surface area (Å²) in [6.07, 6.45) is 0. The third-order valence-corrected chi connectivity index (χ3v) is 6.35. The van der Waals surface area contributed by atoms with Crippen molar-refractivity contribution in [3.63, 3.8) is 0 Å². The number of hydrogen-bond acceptors (Lipinski definition) is 3. The van der Waals surface area contributed by atoms with Gasteiger partial charge >= 0.3 is 10.1 Å². The van der Waals surface area contributed by atoms with E-state index in [0.29, 0.717) is 10.2 Å². The molecule has 0 amide bonds. The van der Waals surface area contributed by atoms with Gasteiger partial charge in [-0.3, -0.25) is 0 Å². The maximum Gasteiger partial charge on any atom is 0.339 e. The van der Waals surface area contributed by atoms with Crippen molar-refractivity contribution in [1.82, 2.24) is 0 Å². The summed E-state index contributed by atoms with van der Waals surface area (Å²) in [5.41, 5.74) is 0.987. The number of fused-ring (bicyclic) bond motifs is 3. The van der Waals surface area contributed by atoms with Crippen molar-refractivity contribution in [3.05, 3.63) is 82.8 Å². The van der Waals surface area contributed by atoms with Gasteiger partial charge in [0.05, 0.1) is 4.47 Å². The summed E-state index contributed by atoms with van der Waals surface area (Å²) in [5.74, 6) is 0.305. The zero-order chi connectivity index (χ0) is 18.3. The summed E-state index contributed by atoms with van der Waals surface area (Å²) < 4.78 is 31.8. The minimum Gasteiger partial charge on any atom is -0.377 e. The second-order valence-corrected chi connectivity index (χ2v) is 8.42. The Hall–Kier alpha value is -2.37. The van der Waals surface area contributed by atoms with Crippen molar-refractivity contribution in [3.8, 4) is 5.75 Å². The van der Waals surface area contributed by atoms with Gasteiger partial charge in [-0.2, -0.15) is 8.42 Å². The largest absolute Gasteiger partial charge is 0.377 e. The van der Waals surface area contributed by atoms with Crippen LogP contribution in [-0.2, 0) is 10.1 Å². The Morgan fingerprint density at radius 3 is 1.85 bits per heavy atom. The van der Waals surface area contributed by atoms with Crippen molar-refractivity contribution < 1.29 is 12.6 Å². The molecule has 0 fully saturated rings. The van der Waals surface area contributed by atoms with E-state index in [0.717, 1.165) is 27.1 Å². The Morgan fingerprint density at radius 2 is 1.23 bits per heavy atom. The molecule has 3 nitrogen and oxygen atoms in total. The molecule has 0 radical (unpaired) electrons. The van der Waals surface area contributed by atoms with Crippen LogP contribution in [0.1, 0.15) is 5.56 Å². The lowest BCUT2D eigenvalue weighted by molar-refractivity contribution is 0.487. The van der Waals surface area contributed by atoms with E-state index in [1.54, 1.807) is 24.3 Å². The Labute approximate surface area is 160 Å². The van der Waals surface area contributed by atoms with Crippen LogP contribution in [0.2, 0.25) is 0 Å². The number of rotatable bonds is 3. The molecule has 4 aromatic rings. The van der Waals surface area contributed by atoms with Crippen LogP contribution < -0.4 is 4.18 Å². The van der Waals surface area contributed by atoms with E-state index in [9.17, 15) is 8.42 Å². The maximum atomic E-state index is 12.8. The van der Waals surface area contributed by atoms with Crippen LogP contribution in [-0.4, -0.2) is 8.42 Å². The summed E-state index contributed by atoms with van der Waals surface area (Å²) in [5, 5.41) is 3.63.